The summed E-state index contributed by atoms with van der Waals surface area (Å²) in [5, 5.41) is 2.45. The third kappa shape index (κ3) is 5.60. The molecule has 0 amide bonds. The maximum atomic E-state index is 12.0. The van der Waals surface area contributed by atoms with E-state index >= 15 is 0 Å². The second kappa shape index (κ2) is 9.60. The zero-order chi connectivity index (χ0) is 21.8. The highest BCUT2D eigenvalue weighted by molar-refractivity contribution is 5.88. The molecule has 2 aliphatic rings. The molecule has 0 aromatic heterocycles. The molecule has 31 heavy (non-hydrogen) atoms. The second-order valence-electron chi connectivity index (χ2n) is 10.1. The Labute approximate surface area is 186 Å². The number of nitrogens with zero attached hydrogens (tertiary/aromatic N) is 1. The lowest BCUT2D eigenvalue weighted by molar-refractivity contribution is -0.149. The number of ether oxygens (including phenoxy) is 2. The molecule has 4 heteroatoms. The molecule has 0 atom stereocenters. The smallest absolute Gasteiger partial charge is 0.309 e. The molecule has 4 nitrogen and oxygen atoms in total. The Bertz CT molecular complexity index is 888. The first kappa shape index (κ1) is 22.1. The van der Waals surface area contributed by atoms with Crippen molar-refractivity contribution in [3.05, 3.63) is 42.0 Å². The van der Waals surface area contributed by atoms with Crippen molar-refractivity contribution < 1.29 is 14.3 Å². The Morgan fingerprint density at radius 3 is 2.52 bits per heavy atom. The Hall–Kier alpha value is -2.07. The molecule has 4 rings (SSSR count). The summed E-state index contributed by atoms with van der Waals surface area (Å²) in [6.07, 6.45) is 6.87. The maximum Gasteiger partial charge on any atom is 0.309 e. The van der Waals surface area contributed by atoms with Crippen LogP contribution in [0.1, 0.15) is 64.9 Å². The van der Waals surface area contributed by atoms with Crippen molar-refractivity contribution in [2.75, 3.05) is 19.7 Å². The van der Waals surface area contributed by atoms with E-state index in [9.17, 15) is 4.79 Å². The number of piperidine rings is 1. The fourth-order valence-corrected chi connectivity index (χ4v) is 5.02. The van der Waals surface area contributed by atoms with Gasteiger partial charge in [-0.2, -0.15) is 0 Å². The van der Waals surface area contributed by atoms with Gasteiger partial charge < -0.3 is 9.47 Å². The fraction of sp³-hybridized carbons (Fsp3) is 0.593. The Morgan fingerprint density at radius 2 is 1.81 bits per heavy atom. The van der Waals surface area contributed by atoms with Gasteiger partial charge in [0.15, 0.2) is 0 Å². The van der Waals surface area contributed by atoms with Crippen LogP contribution in [0.25, 0.3) is 10.8 Å². The van der Waals surface area contributed by atoms with Crippen LogP contribution in [-0.4, -0.2) is 36.7 Å². The molecule has 1 saturated carbocycles. The van der Waals surface area contributed by atoms with Gasteiger partial charge in [0.25, 0.3) is 0 Å². The zero-order valence-corrected chi connectivity index (χ0v) is 19.4. The summed E-state index contributed by atoms with van der Waals surface area (Å²) in [5.41, 5.74) is 1.77. The van der Waals surface area contributed by atoms with Gasteiger partial charge in [-0.25, -0.2) is 0 Å². The lowest BCUT2D eigenvalue weighted by Gasteiger charge is -2.34. The molecule has 168 valence electrons. The number of hydrogen-bond acceptors (Lipinski definition) is 4. The molecule has 1 saturated heterocycles. The fourth-order valence-electron chi connectivity index (χ4n) is 5.02. The molecule has 2 aromatic rings. The van der Waals surface area contributed by atoms with Gasteiger partial charge in [-0.15, -0.1) is 0 Å². The van der Waals surface area contributed by atoms with Crippen LogP contribution in [0.4, 0.5) is 0 Å². The first-order chi connectivity index (χ1) is 14.9. The second-order valence-corrected chi connectivity index (χ2v) is 10.1. The molecule has 0 N–H and O–H groups in total. The van der Waals surface area contributed by atoms with Gasteiger partial charge in [0.1, 0.15) is 5.75 Å². The molecule has 2 fully saturated rings. The minimum Gasteiger partial charge on any atom is -0.490 e. The van der Waals surface area contributed by atoms with Gasteiger partial charge in [0.2, 0.25) is 0 Å². The van der Waals surface area contributed by atoms with Crippen LogP contribution < -0.4 is 4.74 Å². The number of likely N-dealkylation sites (tertiary alicyclic amines) is 1. The average molecular weight is 424 g/mol. The van der Waals surface area contributed by atoms with Crippen LogP contribution in [0.5, 0.6) is 5.75 Å². The first-order valence-electron chi connectivity index (χ1n) is 12.0. The van der Waals surface area contributed by atoms with Crippen molar-refractivity contribution in [1.29, 1.82) is 0 Å². The van der Waals surface area contributed by atoms with Crippen molar-refractivity contribution >= 4 is 16.7 Å². The van der Waals surface area contributed by atoms with E-state index in [0.29, 0.717) is 18.1 Å². The van der Waals surface area contributed by atoms with Crippen LogP contribution in [0.2, 0.25) is 0 Å². The van der Waals surface area contributed by atoms with E-state index in [4.69, 9.17) is 9.47 Å². The summed E-state index contributed by atoms with van der Waals surface area (Å²) in [5.74, 6) is 1.06. The van der Waals surface area contributed by atoms with Gasteiger partial charge in [-0.3, -0.25) is 9.69 Å². The normalized spacial score (nSPS) is 20.6. The minimum absolute atomic E-state index is 0.0260. The number of fused-ring (bicyclic) bond motifs is 1. The first-order valence-corrected chi connectivity index (χ1v) is 12.0. The van der Waals surface area contributed by atoms with E-state index in [1.165, 1.54) is 29.2 Å². The maximum absolute atomic E-state index is 12.0. The Morgan fingerprint density at radius 1 is 1.06 bits per heavy atom. The summed E-state index contributed by atoms with van der Waals surface area (Å²) in [4.78, 5) is 14.4. The molecule has 1 aliphatic heterocycles. The van der Waals surface area contributed by atoms with Gasteiger partial charge in [0, 0.05) is 11.9 Å². The van der Waals surface area contributed by atoms with Gasteiger partial charge in [0.05, 0.1) is 18.6 Å². The van der Waals surface area contributed by atoms with E-state index in [2.05, 4.69) is 55.1 Å². The van der Waals surface area contributed by atoms with Crippen LogP contribution in [0.3, 0.4) is 0 Å². The van der Waals surface area contributed by atoms with Crippen molar-refractivity contribution in [1.82, 2.24) is 4.90 Å². The molecule has 0 bridgehead atoms. The minimum atomic E-state index is -0.0260. The van der Waals surface area contributed by atoms with Crippen LogP contribution in [-0.2, 0) is 16.1 Å². The predicted molar refractivity (Wildman–Crippen MR) is 125 cm³/mol. The van der Waals surface area contributed by atoms with E-state index in [1.54, 1.807) is 0 Å². The number of hydrogen-bond donors (Lipinski definition) is 0. The Kier molecular flexibility index (Phi) is 6.86. The van der Waals surface area contributed by atoms with Gasteiger partial charge in [-0.1, -0.05) is 38.1 Å². The van der Waals surface area contributed by atoms with Crippen molar-refractivity contribution in [2.45, 2.75) is 71.9 Å². The topological polar surface area (TPSA) is 38.8 Å². The lowest BCUT2D eigenvalue weighted by Crippen LogP contribution is -2.36. The largest absolute Gasteiger partial charge is 0.490 e. The summed E-state index contributed by atoms with van der Waals surface area (Å²) in [7, 11) is 0. The summed E-state index contributed by atoms with van der Waals surface area (Å²) < 4.78 is 11.6. The molecule has 0 unspecified atom stereocenters. The molecule has 0 spiro atoms. The molecular weight excluding hydrogens is 386 g/mol. The quantitative estimate of drug-likeness (QED) is 0.537. The van der Waals surface area contributed by atoms with E-state index in [-0.39, 0.29) is 11.9 Å². The number of carbonyl (C=O) groups excluding carboxylic acids is 1. The lowest BCUT2D eigenvalue weighted by atomic mass is 9.76. The number of esters is 1. The van der Waals surface area contributed by atoms with Crippen LogP contribution >= 0.6 is 0 Å². The van der Waals surface area contributed by atoms with E-state index in [1.807, 2.05) is 6.92 Å². The third-order valence-electron chi connectivity index (χ3n) is 7.10. The number of benzene rings is 2. The highest BCUT2D eigenvalue weighted by Crippen LogP contribution is 2.37. The summed E-state index contributed by atoms with van der Waals surface area (Å²) in [6.45, 7) is 9.89. The third-order valence-corrected chi connectivity index (χ3v) is 7.10. The van der Waals surface area contributed by atoms with Crippen molar-refractivity contribution in [3.8, 4) is 5.75 Å². The average Bonchev–Trinajstić information content (AvgIpc) is 2.76. The van der Waals surface area contributed by atoms with Gasteiger partial charge in [-0.05, 0) is 87.0 Å². The van der Waals surface area contributed by atoms with E-state index < -0.39 is 0 Å². The van der Waals surface area contributed by atoms with Crippen LogP contribution in [0.15, 0.2) is 36.4 Å². The molecule has 1 aliphatic carbocycles. The van der Waals surface area contributed by atoms with Crippen molar-refractivity contribution in [2.24, 2.45) is 11.3 Å². The molecular formula is C27H37NO3. The SMILES string of the molecule is CCOC(=O)C1CCN(Cc2ccc3c(OC4CCC(C)(C)CC4)cccc3c2)CC1. The molecule has 0 radical (unpaired) electrons. The predicted octanol–water partition coefficient (Wildman–Crippen LogP) is 5.96. The molecule has 2 aromatic carbocycles. The summed E-state index contributed by atoms with van der Waals surface area (Å²) in [6, 6.07) is 13.2. The Balaban J connectivity index is 1.37. The summed E-state index contributed by atoms with van der Waals surface area (Å²) >= 11 is 0. The zero-order valence-electron chi connectivity index (χ0n) is 19.4. The highest BCUT2D eigenvalue weighted by atomic mass is 16.5. The number of carbonyl (C=O) groups is 1. The van der Waals surface area contributed by atoms with E-state index in [0.717, 1.165) is 51.1 Å². The monoisotopic (exact) mass is 423 g/mol. The molecule has 1 heterocycles. The van der Waals surface area contributed by atoms with Crippen LogP contribution in [0, 0.1) is 11.3 Å². The van der Waals surface area contributed by atoms with Gasteiger partial charge >= 0.3 is 5.97 Å². The van der Waals surface area contributed by atoms with Crippen molar-refractivity contribution in [3.63, 3.8) is 0 Å². The standard InChI is InChI=1S/C27H37NO3/c1-4-30-26(29)21-12-16-28(17-13-21)19-20-8-9-24-22(18-20)6-5-7-25(24)31-23-10-14-27(2,3)15-11-23/h5-9,18,21,23H,4,10-17,19H2,1-3H3. The highest BCUT2D eigenvalue weighted by Gasteiger charge is 2.28. The number of rotatable bonds is 6.